The van der Waals surface area contributed by atoms with Crippen molar-refractivity contribution in [2.24, 2.45) is 11.8 Å². The van der Waals surface area contributed by atoms with Crippen molar-refractivity contribution < 1.29 is 4.39 Å². The van der Waals surface area contributed by atoms with E-state index in [1.165, 1.54) is 0 Å². The molecule has 0 amide bonds. The van der Waals surface area contributed by atoms with Crippen molar-refractivity contribution in [3.63, 3.8) is 0 Å². The Morgan fingerprint density at radius 2 is 1.83 bits per heavy atom. The molecule has 1 nitrogen and oxygen atoms in total. The number of nitrogens with zero attached hydrogens (tertiary/aromatic N) is 1. The van der Waals surface area contributed by atoms with Crippen molar-refractivity contribution in [2.75, 3.05) is 6.67 Å². The molecule has 2 heteroatoms. The molecule has 1 atom stereocenters. The van der Waals surface area contributed by atoms with E-state index in [2.05, 4.69) is 12.6 Å². The maximum Gasteiger partial charge on any atom is 0.0990 e. The molecule has 1 rings (SSSR count). The van der Waals surface area contributed by atoms with Crippen LogP contribution in [0.3, 0.4) is 0 Å². The second-order valence-corrected chi connectivity index (χ2v) is 7.06. The first-order chi connectivity index (χ1) is 11.3. The molecule has 0 fully saturated rings. The minimum Gasteiger partial charge on any atom is -0.250 e. The van der Waals surface area contributed by atoms with Crippen molar-refractivity contribution in [1.29, 1.82) is 5.26 Å². The maximum absolute atomic E-state index is 13.6. The van der Waals surface area contributed by atoms with Gasteiger partial charge in [-0.15, -0.1) is 0 Å². The quantitative estimate of drug-likeness (QED) is 0.429. The Morgan fingerprint density at radius 3 is 2.21 bits per heavy atom. The second-order valence-electron chi connectivity index (χ2n) is 7.06. The maximum atomic E-state index is 13.6. The molecule has 0 aliphatic rings. The van der Waals surface area contributed by atoms with Crippen LogP contribution in [0.5, 0.6) is 0 Å². The highest BCUT2D eigenvalue weighted by atomic mass is 19.1. The van der Waals surface area contributed by atoms with Gasteiger partial charge in [-0.1, -0.05) is 77.6 Å². The van der Waals surface area contributed by atoms with E-state index in [9.17, 15) is 9.65 Å². The van der Waals surface area contributed by atoms with E-state index in [1.807, 2.05) is 71.0 Å². The van der Waals surface area contributed by atoms with Gasteiger partial charge in [0.05, 0.1) is 12.7 Å². The van der Waals surface area contributed by atoms with Gasteiger partial charge in [-0.05, 0) is 34.6 Å². The molecule has 0 spiro atoms. The predicted molar refractivity (Wildman–Crippen MR) is 101 cm³/mol. The van der Waals surface area contributed by atoms with Crippen molar-refractivity contribution in [3.8, 4) is 6.07 Å². The van der Waals surface area contributed by atoms with Crippen molar-refractivity contribution in [3.05, 3.63) is 65.8 Å². The minimum absolute atomic E-state index is 0.210. The zero-order chi connectivity index (χ0) is 18.3. The van der Waals surface area contributed by atoms with Gasteiger partial charge in [-0.25, -0.2) is 0 Å². The van der Waals surface area contributed by atoms with E-state index < -0.39 is 5.41 Å². The third-order valence-corrected chi connectivity index (χ3v) is 4.60. The largest absolute Gasteiger partial charge is 0.250 e. The van der Waals surface area contributed by atoms with Crippen LogP contribution in [0, 0.1) is 23.2 Å². The number of hydrogen-bond acceptors (Lipinski definition) is 1. The second kappa shape index (κ2) is 8.64. The lowest BCUT2D eigenvalue weighted by molar-refractivity contribution is 0.252. The lowest BCUT2D eigenvalue weighted by Gasteiger charge is -2.31. The van der Waals surface area contributed by atoms with Gasteiger partial charge in [0.2, 0.25) is 0 Å². The van der Waals surface area contributed by atoms with Gasteiger partial charge in [-0.2, -0.15) is 5.26 Å². The summed E-state index contributed by atoms with van der Waals surface area (Å²) in [5.74, 6) is 0.516. The standard InChI is InChI=1S/C22H28FN/c1-7-19(13-18(14-24)12-16(2)3)20-8-10-21(11-9-20)22(6,15-23)17(4)5/h7-13,16-17H,1,15H2,2-6H3/b18-12+,19-13+. The Balaban J connectivity index is 3.23. The molecular formula is C22H28FN. The van der Waals surface area contributed by atoms with Gasteiger partial charge in [0.15, 0.2) is 0 Å². The van der Waals surface area contributed by atoms with E-state index in [-0.39, 0.29) is 12.6 Å². The third kappa shape index (κ3) is 4.68. The van der Waals surface area contributed by atoms with Crippen molar-refractivity contribution in [2.45, 2.75) is 40.0 Å². The third-order valence-electron chi connectivity index (χ3n) is 4.60. The molecule has 128 valence electrons. The van der Waals surface area contributed by atoms with Gasteiger partial charge >= 0.3 is 0 Å². The average Bonchev–Trinajstić information content (AvgIpc) is 2.57. The predicted octanol–water partition coefficient (Wildman–Crippen LogP) is 6.25. The van der Waals surface area contributed by atoms with Gasteiger partial charge < -0.3 is 0 Å². The zero-order valence-electron chi connectivity index (χ0n) is 15.4. The summed E-state index contributed by atoms with van der Waals surface area (Å²) in [4.78, 5) is 0. The number of benzene rings is 1. The summed E-state index contributed by atoms with van der Waals surface area (Å²) >= 11 is 0. The Bertz CT molecular complexity index is 656. The molecule has 0 aliphatic carbocycles. The molecule has 0 N–H and O–H groups in total. The average molecular weight is 325 g/mol. The van der Waals surface area contributed by atoms with Crippen LogP contribution < -0.4 is 0 Å². The van der Waals surface area contributed by atoms with E-state index in [4.69, 9.17) is 0 Å². The zero-order valence-corrected chi connectivity index (χ0v) is 15.4. The van der Waals surface area contributed by atoms with E-state index in [0.29, 0.717) is 11.5 Å². The number of hydrogen-bond donors (Lipinski definition) is 0. The molecular weight excluding hydrogens is 297 g/mol. The molecule has 0 heterocycles. The minimum atomic E-state index is -0.480. The molecule has 1 aromatic rings. The Morgan fingerprint density at radius 1 is 1.25 bits per heavy atom. The number of halogens is 1. The molecule has 1 aromatic carbocycles. The highest BCUT2D eigenvalue weighted by molar-refractivity contribution is 5.76. The Hall–Kier alpha value is -2.14. The first-order valence-corrected chi connectivity index (χ1v) is 8.41. The molecule has 0 bridgehead atoms. The summed E-state index contributed by atoms with van der Waals surface area (Å²) in [5.41, 5.74) is 3.00. The SMILES string of the molecule is C=C/C(=C\C(C#N)=C/C(C)C)c1ccc(C(C)(CF)C(C)C)cc1. The van der Waals surface area contributed by atoms with E-state index in [0.717, 1.165) is 16.7 Å². The van der Waals surface area contributed by atoms with Crippen LogP contribution in [0.2, 0.25) is 0 Å². The van der Waals surface area contributed by atoms with Crippen LogP contribution in [0.25, 0.3) is 5.57 Å². The lowest BCUT2D eigenvalue weighted by atomic mass is 9.74. The Labute approximate surface area is 146 Å². The first-order valence-electron chi connectivity index (χ1n) is 8.41. The summed E-state index contributed by atoms with van der Waals surface area (Å²) in [6.45, 7) is 13.6. The normalized spacial score (nSPS) is 15.3. The van der Waals surface area contributed by atoms with Crippen molar-refractivity contribution >= 4 is 5.57 Å². The van der Waals surface area contributed by atoms with Gasteiger partial charge in [0.1, 0.15) is 0 Å². The lowest BCUT2D eigenvalue weighted by Crippen LogP contribution is -2.31. The van der Waals surface area contributed by atoms with E-state index >= 15 is 0 Å². The summed E-state index contributed by atoms with van der Waals surface area (Å²) in [5, 5.41) is 9.27. The first kappa shape index (κ1) is 19.9. The highest BCUT2D eigenvalue weighted by Gasteiger charge is 2.30. The fraction of sp³-hybridized carbons (Fsp3) is 0.409. The topological polar surface area (TPSA) is 23.8 Å². The summed E-state index contributed by atoms with van der Waals surface area (Å²) in [6.07, 6.45) is 5.52. The van der Waals surface area contributed by atoms with Crippen LogP contribution in [0.4, 0.5) is 4.39 Å². The van der Waals surface area contributed by atoms with Crippen LogP contribution in [0.15, 0.2) is 54.6 Å². The fourth-order valence-corrected chi connectivity index (χ4v) is 2.51. The molecule has 0 saturated carbocycles. The van der Waals surface area contributed by atoms with Crippen LogP contribution in [0.1, 0.15) is 45.7 Å². The number of allylic oxidation sites excluding steroid dienone is 5. The van der Waals surface area contributed by atoms with Crippen molar-refractivity contribution in [1.82, 2.24) is 0 Å². The number of alkyl halides is 1. The smallest absolute Gasteiger partial charge is 0.0990 e. The summed E-state index contributed by atoms with van der Waals surface area (Å²) in [7, 11) is 0. The fourth-order valence-electron chi connectivity index (χ4n) is 2.51. The molecule has 24 heavy (non-hydrogen) atoms. The van der Waals surface area contributed by atoms with Crippen LogP contribution in [-0.2, 0) is 5.41 Å². The Kier molecular flexibility index (Phi) is 7.17. The summed E-state index contributed by atoms with van der Waals surface area (Å²) in [6, 6.07) is 10.1. The molecule has 0 saturated heterocycles. The molecule has 1 unspecified atom stereocenters. The van der Waals surface area contributed by atoms with Gasteiger partial charge in [0, 0.05) is 11.0 Å². The highest BCUT2D eigenvalue weighted by Crippen LogP contribution is 2.33. The monoisotopic (exact) mass is 325 g/mol. The van der Waals surface area contributed by atoms with Gasteiger partial charge in [-0.3, -0.25) is 4.39 Å². The van der Waals surface area contributed by atoms with E-state index in [1.54, 1.807) is 6.08 Å². The number of nitriles is 1. The molecule has 0 aromatic heterocycles. The summed E-state index contributed by atoms with van der Waals surface area (Å²) < 4.78 is 13.6. The molecule has 0 aliphatic heterocycles. The van der Waals surface area contributed by atoms with Crippen LogP contribution in [-0.4, -0.2) is 6.67 Å². The van der Waals surface area contributed by atoms with Crippen LogP contribution >= 0.6 is 0 Å². The molecule has 0 radical (unpaired) electrons. The van der Waals surface area contributed by atoms with Gasteiger partial charge in [0.25, 0.3) is 0 Å². The number of rotatable bonds is 7.